The number of amides is 2. The highest BCUT2D eigenvalue weighted by Crippen LogP contribution is 2.26. The molecule has 1 aliphatic rings. The maximum atomic E-state index is 13.0. The molecule has 1 fully saturated rings. The summed E-state index contributed by atoms with van der Waals surface area (Å²) in [5.74, 6) is -1.02. The summed E-state index contributed by atoms with van der Waals surface area (Å²) in [6.45, 7) is 2.13. The molecule has 31 heavy (non-hydrogen) atoms. The van der Waals surface area contributed by atoms with Crippen molar-refractivity contribution >= 4 is 32.7 Å². The molecule has 1 atom stereocenters. The molecule has 2 heterocycles. The van der Waals surface area contributed by atoms with Gasteiger partial charge in [0, 0.05) is 30.7 Å². The third kappa shape index (κ3) is 3.94. The zero-order valence-corrected chi connectivity index (χ0v) is 18.1. The minimum Gasteiger partial charge on any atom is -0.350 e. The molecule has 0 aliphatic carbocycles. The van der Waals surface area contributed by atoms with E-state index in [4.69, 9.17) is 0 Å². The number of hydrogen-bond donors (Lipinski definition) is 2. The number of aromatic nitrogens is 1. The first-order valence-corrected chi connectivity index (χ1v) is 11.5. The predicted molar refractivity (Wildman–Crippen MR) is 117 cm³/mol. The second-order valence-electron chi connectivity index (χ2n) is 7.70. The Balaban J connectivity index is 1.47. The summed E-state index contributed by atoms with van der Waals surface area (Å²) in [7, 11) is -1.97. The van der Waals surface area contributed by atoms with Gasteiger partial charge in [-0.05, 0) is 38.0 Å². The summed E-state index contributed by atoms with van der Waals surface area (Å²) in [4.78, 5) is 25.6. The Morgan fingerprint density at radius 2 is 1.74 bits per heavy atom. The molecular formula is C22H24N4O4S. The maximum Gasteiger partial charge on any atom is 0.271 e. The van der Waals surface area contributed by atoms with Crippen molar-refractivity contribution in [3.8, 4) is 0 Å². The molecule has 9 heteroatoms. The first-order chi connectivity index (χ1) is 14.8. The quantitative estimate of drug-likeness (QED) is 0.607. The molecule has 0 bridgehead atoms. The number of hydrazine groups is 1. The summed E-state index contributed by atoms with van der Waals surface area (Å²) < 4.78 is 29.1. The molecule has 0 saturated carbocycles. The number of aryl methyl sites for hydroxylation is 2. The van der Waals surface area contributed by atoms with Crippen LogP contribution >= 0.6 is 0 Å². The molecule has 0 radical (unpaired) electrons. The number of nitrogens with one attached hydrogen (secondary N) is 2. The van der Waals surface area contributed by atoms with Gasteiger partial charge >= 0.3 is 0 Å². The number of sulfonamides is 1. The van der Waals surface area contributed by atoms with Crippen molar-refractivity contribution in [2.24, 2.45) is 7.05 Å². The Morgan fingerprint density at radius 1 is 1.03 bits per heavy atom. The van der Waals surface area contributed by atoms with Crippen molar-refractivity contribution in [2.75, 3.05) is 6.54 Å². The van der Waals surface area contributed by atoms with Crippen molar-refractivity contribution in [2.45, 2.75) is 30.7 Å². The van der Waals surface area contributed by atoms with E-state index in [9.17, 15) is 18.0 Å². The van der Waals surface area contributed by atoms with Gasteiger partial charge in [0.25, 0.3) is 11.8 Å². The van der Waals surface area contributed by atoms with Crippen molar-refractivity contribution in [1.29, 1.82) is 0 Å². The van der Waals surface area contributed by atoms with E-state index in [1.807, 2.05) is 42.8 Å². The molecule has 2 amide bonds. The zero-order chi connectivity index (χ0) is 22.2. The Bertz CT molecular complexity index is 1250. The molecule has 1 saturated heterocycles. The summed E-state index contributed by atoms with van der Waals surface area (Å²) in [5, 5.41) is 0.765. The van der Waals surface area contributed by atoms with Crippen LogP contribution in [-0.4, -0.2) is 41.7 Å². The predicted octanol–water partition coefficient (Wildman–Crippen LogP) is 2.10. The highest BCUT2D eigenvalue weighted by Gasteiger charge is 2.39. The van der Waals surface area contributed by atoms with E-state index in [-0.39, 0.29) is 11.4 Å². The van der Waals surface area contributed by atoms with Gasteiger partial charge in [0.05, 0.1) is 10.5 Å². The lowest BCUT2D eigenvalue weighted by Gasteiger charge is -2.23. The molecule has 4 rings (SSSR count). The molecule has 2 N–H and O–H groups in total. The monoisotopic (exact) mass is 440 g/mol. The smallest absolute Gasteiger partial charge is 0.271 e. The third-order valence-electron chi connectivity index (χ3n) is 5.57. The molecular weight excluding hydrogens is 416 g/mol. The number of hydrogen-bond acceptors (Lipinski definition) is 4. The van der Waals surface area contributed by atoms with E-state index < -0.39 is 27.9 Å². The molecule has 162 valence electrons. The Morgan fingerprint density at radius 3 is 2.48 bits per heavy atom. The molecule has 1 aromatic heterocycles. The second kappa shape index (κ2) is 8.16. The topological polar surface area (TPSA) is 101 Å². The maximum absolute atomic E-state index is 13.0. The lowest BCUT2D eigenvalue weighted by molar-refractivity contribution is -0.125. The highest BCUT2D eigenvalue weighted by atomic mass is 32.2. The number of fused-ring (bicyclic) bond motifs is 1. The molecule has 2 aromatic carbocycles. The van der Waals surface area contributed by atoms with Gasteiger partial charge in [-0.15, -0.1) is 0 Å². The van der Waals surface area contributed by atoms with E-state index >= 15 is 0 Å². The first-order valence-electron chi connectivity index (χ1n) is 10.0. The first kappa shape index (κ1) is 21.1. The average Bonchev–Trinajstić information content (AvgIpc) is 3.38. The minimum atomic E-state index is -3.81. The number of nitrogens with zero attached hydrogens (tertiary/aromatic N) is 2. The number of carbonyl (C=O) groups excluding carboxylic acids is 2. The van der Waals surface area contributed by atoms with Crippen LogP contribution in [0.5, 0.6) is 0 Å². The van der Waals surface area contributed by atoms with Crippen LogP contribution in [0.1, 0.15) is 28.8 Å². The Labute approximate surface area is 180 Å². The zero-order valence-electron chi connectivity index (χ0n) is 17.3. The Hall–Kier alpha value is -3.17. The van der Waals surface area contributed by atoms with Crippen LogP contribution in [-0.2, 0) is 21.9 Å². The third-order valence-corrected chi connectivity index (χ3v) is 7.50. The van der Waals surface area contributed by atoms with Crippen LogP contribution in [0, 0.1) is 6.92 Å². The van der Waals surface area contributed by atoms with Crippen LogP contribution in [0.2, 0.25) is 0 Å². The van der Waals surface area contributed by atoms with Crippen molar-refractivity contribution in [3.63, 3.8) is 0 Å². The lowest BCUT2D eigenvalue weighted by Crippen LogP contribution is -2.51. The van der Waals surface area contributed by atoms with E-state index in [2.05, 4.69) is 10.9 Å². The van der Waals surface area contributed by atoms with Gasteiger partial charge in [-0.3, -0.25) is 20.4 Å². The van der Waals surface area contributed by atoms with Gasteiger partial charge in [-0.1, -0.05) is 35.9 Å². The number of carbonyl (C=O) groups is 2. The summed E-state index contributed by atoms with van der Waals surface area (Å²) >= 11 is 0. The van der Waals surface area contributed by atoms with Gasteiger partial charge < -0.3 is 4.57 Å². The van der Waals surface area contributed by atoms with Gasteiger partial charge in [-0.25, -0.2) is 8.42 Å². The molecule has 1 unspecified atom stereocenters. The van der Waals surface area contributed by atoms with Crippen molar-refractivity contribution < 1.29 is 18.0 Å². The SMILES string of the molecule is Cc1ccc(S(=O)(=O)N2CCCC2C(=O)NNC(=O)c2cn(C)c3ccccc23)cc1. The molecule has 8 nitrogen and oxygen atoms in total. The fourth-order valence-corrected chi connectivity index (χ4v) is 5.58. The van der Waals surface area contributed by atoms with Crippen LogP contribution < -0.4 is 10.9 Å². The summed E-state index contributed by atoms with van der Waals surface area (Å²) in [6.07, 6.45) is 2.65. The summed E-state index contributed by atoms with van der Waals surface area (Å²) in [6, 6.07) is 13.1. The van der Waals surface area contributed by atoms with Crippen LogP contribution in [0.15, 0.2) is 59.6 Å². The molecule has 3 aromatic rings. The van der Waals surface area contributed by atoms with Gasteiger partial charge in [0.2, 0.25) is 10.0 Å². The number of rotatable bonds is 4. The normalized spacial score (nSPS) is 17.0. The number of benzene rings is 2. The fraction of sp³-hybridized carbons (Fsp3) is 0.273. The number of para-hydroxylation sites is 1. The molecule has 1 aliphatic heterocycles. The minimum absolute atomic E-state index is 0.151. The van der Waals surface area contributed by atoms with Crippen LogP contribution in [0.4, 0.5) is 0 Å². The molecule has 0 spiro atoms. The van der Waals surface area contributed by atoms with Crippen molar-refractivity contribution in [1.82, 2.24) is 19.7 Å². The van der Waals surface area contributed by atoms with Gasteiger partial charge in [0.15, 0.2) is 0 Å². The van der Waals surface area contributed by atoms with E-state index in [0.717, 1.165) is 16.5 Å². The largest absolute Gasteiger partial charge is 0.350 e. The van der Waals surface area contributed by atoms with Crippen molar-refractivity contribution in [3.05, 3.63) is 65.9 Å². The van der Waals surface area contributed by atoms with E-state index in [0.29, 0.717) is 18.4 Å². The Kier molecular flexibility index (Phi) is 5.55. The van der Waals surface area contributed by atoms with Crippen LogP contribution in [0.25, 0.3) is 10.9 Å². The van der Waals surface area contributed by atoms with E-state index in [1.165, 1.54) is 4.31 Å². The standard InChI is InChI=1S/C22H24N4O4S/c1-15-9-11-16(12-10-15)31(29,30)26-13-5-8-20(26)22(28)24-23-21(27)18-14-25(2)19-7-4-3-6-17(18)19/h3-4,6-7,9-12,14,20H,5,8,13H2,1-2H3,(H,23,27)(H,24,28). The van der Waals surface area contributed by atoms with Gasteiger partial charge in [-0.2, -0.15) is 4.31 Å². The summed E-state index contributed by atoms with van der Waals surface area (Å²) in [5.41, 5.74) is 7.10. The highest BCUT2D eigenvalue weighted by molar-refractivity contribution is 7.89. The average molecular weight is 441 g/mol. The second-order valence-corrected chi connectivity index (χ2v) is 9.59. The fourth-order valence-electron chi connectivity index (χ4n) is 3.93. The lowest BCUT2D eigenvalue weighted by atomic mass is 10.2. The van der Waals surface area contributed by atoms with Crippen LogP contribution in [0.3, 0.4) is 0 Å². The van der Waals surface area contributed by atoms with E-state index in [1.54, 1.807) is 30.5 Å². The van der Waals surface area contributed by atoms with Gasteiger partial charge in [0.1, 0.15) is 6.04 Å².